The van der Waals surface area contributed by atoms with E-state index in [1.165, 1.54) is 0 Å². The first-order valence-corrected chi connectivity index (χ1v) is 9.03. The summed E-state index contributed by atoms with van der Waals surface area (Å²) in [6.45, 7) is 6.65. The highest BCUT2D eigenvalue weighted by molar-refractivity contribution is 6.34. The van der Waals surface area contributed by atoms with E-state index in [2.05, 4.69) is 11.8 Å². The molecule has 4 nitrogen and oxygen atoms in total. The summed E-state index contributed by atoms with van der Waals surface area (Å²) >= 11 is 11.9. The van der Waals surface area contributed by atoms with Gasteiger partial charge in [0.05, 0.1) is 0 Å². The Hall–Kier alpha value is -1.41. The van der Waals surface area contributed by atoms with Gasteiger partial charge in [-0.05, 0) is 57.7 Å². The summed E-state index contributed by atoms with van der Waals surface area (Å²) in [6.07, 6.45) is 0.315. The number of amides is 1. The average Bonchev–Trinajstić information content (AvgIpc) is 2.50. The molecule has 1 saturated heterocycles. The van der Waals surface area contributed by atoms with Gasteiger partial charge in [-0.2, -0.15) is 0 Å². The number of aliphatic hydroxyl groups excluding tert-OH is 1. The van der Waals surface area contributed by atoms with E-state index < -0.39 is 11.7 Å². The summed E-state index contributed by atoms with van der Waals surface area (Å²) in [7, 11) is 0. The third-order valence-electron chi connectivity index (χ3n) is 3.86. The Kier molecular flexibility index (Phi) is 6.62. The normalized spacial score (nSPS) is 16.8. The number of piperidine rings is 1. The number of benzene rings is 1. The van der Waals surface area contributed by atoms with Crippen LogP contribution in [0, 0.1) is 17.8 Å². The van der Waals surface area contributed by atoms with Gasteiger partial charge in [-0.3, -0.25) is 0 Å². The van der Waals surface area contributed by atoms with Crippen molar-refractivity contribution in [3.8, 4) is 11.8 Å². The van der Waals surface area contributed by atoms with E-state index >= 15 is 0 Å². The van der Waals surface area contributed by atoms with E-state index in [1.807, 2.05) is 20.8 Å². The van der Waals surface area contributed by atoms with E-state index in [9.17, 15) is 9.90 Å². The van der Waals surface area contributed by atoms with Crippen LogP contribution in [-0.2, 0) is 4.74 Å². The van der Waals surface area contributed by atoms with Crippen LogP contribution in [0.25, 0.3) is 0 Å². The third-order valence-corrected chi connectivity index (χ3v) is 4.30. The maximum absolute atomic E-state index is 12.1. The molecule has 1 unspecified atom stereocenters. The number of likely N-dealkylation sites (tertiary alicyclic amines) is 1. The van der Waals surface area contributed by atoms with Gasteiger partial charge >= 0.3 is 6.09 Å². The first-order chi connectivity index (χ1) is 11.6. The largest absolute Gasteiger partial charge is 0.444 e. The predicted octanol–water partition coefficient (Wildman–Crippen LogP) is 4.35. The fourth-order valence-corrected chi connectivity index (χ4v) is 3.15. The minimum atomic E-state index is -0.751. The van der Waals surface area contributed by atoms with Crippen molar-refractivity contribution in [2.24, 2.45) is 5.92 Å². The highest BCUT2D eigenvalue weighted by Crippen LogP contribution is 2.23. The zero-order valence-electron chi connectivity index (χ0n) is 14.7. The monoisotopic (exact) mass is 383 g/mol. The first kappa shape index (κ1) is 19.9. The van der Waals surface area contributed by atoms with Crippen molar-refractivity contribution in [2.45, 2.75) is 45.3 Å². The number of hydrogen-bond donors (Lipinski definition) is 1. The fourth-order valence-electron chi connectivity index (χ4n) is 2.63. The number of halogens is 2. The highest BCUT2D eigenvalue weighted by atomic mass is 35.5. The van der Waals surface area contributed by atoms with Gasteiger partial charge in [-0.25, -0.2) is 4.79 Å². The van der Waals surface area contributed by atoms with Gasteiger partial charge in [-0.15, -0.1) is 0 Å². The summed E-state index contributed by atoms with van der Waals surface area (Å²) in [5.41, 5.74) is 0.166. The molecule has 2 rings (SSSR count). The van der Waals surface area contributed by atoms with Crippen LogP contribution in [-0.4, -0.2) is 40.9 Å². The van der Waals surface area contributed by atoms with E-state index in [-0.39, 0.29) is 12.0 Å². The molecule has 1 amide bonds. The van der Waals surface area contributed by atoms with E-state index in [4.69, 9.17) is 27.9 Å². The molecular weight excluding hydrogens is 361 g/mol. The van der Waals surface area contributed by atoms with Crippen molar-refractivity contribution in [1.29, 1.82) is 0 Å². The molecule has 0 bridgehead atoms. The van der Waals surface area contributed by atoms with Gasteiger partial charge in [0.15, 0.2) is 0 Å². The van der Waals surface area contributed by atoms with E-state index in [0.717, 1.165) is 0 Å². The maximum atomic E-state index is 12.1. The van der Waals surface area contributed by atoms with Gasteiger partial charge in [-0.1, -0.05) is 35.0 Å². The Labute approximate surface area is 159 Å². The van der Waals surface area contributed by atoms with Crippen LogP contribution in [0.15, 0.2) is 18.2 Å². The topological polar surface area (TPSA) is 49.8 Å². The van der Waals surface area contributed by atoms with Crippen LogP contribution < -0.4 is 0 Å². The van der Waals surface area contributed by atoms with Crippen molar-refractivity contribution in [2.75, 3.05) is 13.1 Å². The van der Waals surface area contributed by atoms with Crippen molar-refractivity contribution in [3.63, 3.8) is 0 Å². The smallest absolute Gasteiger partial charge is 0.410 e. The Bertz CT molecular complexity index is 660. The summed E-state index contributed by atoms with van der Waals surface area (Å²) in [5.74, 6) is 5.80. The summed E-state index contributed by atoms with van der Waals surface area (Å²) in [6, 6.07) is 5.05. The number of aliphatic hydroxyl groups is 1. The van der Waals surface area contributed by atoms with Gasteiger partial charge < -0.3 is 14.7 Å². The first-order valence-electron chi connectivity index (χ1n) is 8.28. The quantitative estimate of drug-likeness (QED) is 0.733. The molecule has 1 aliphatic rings. The molecule has 6 heteroatoms. The second-order valence-corrected chi connectivity index (χ2v) is 8.05. The number of rotatable bonds is 1. The van der Waals surface area contributed by atoms with Crippen LogP contribution in [0.3, 0.4) is 0 Å². The second kappa shape index (κ2) is 8.31. The number of carbonyl (C=O) groups is 1. The molecule has 0 aliphatic carbocycles. The number of carbonyl (C=O) groups excluding carboxylic acids is 1. The zero-order valence-corrected chi connectivity index (χ0v) is 16.2. The van der Waals surface area contributed by atoms with Crippen molar-refractivity contribution in [3.05, 3.63) is 33.8 Å². The number of ether oxygens (including phenoxy) is 1. The van der Waals surface area contributed by atoms with E-state index in [0.29, 0.717) is 41.5 Å². The molecule has 1 fully saturated rings. The SMILES string of the molecule is CC(C)(C)OC(=O)N1CCC(C(O)C#Cc2cc(Cl)cc(Cl)c2)CC1. The molecule has 1 aromatic carbocycles. The lowest BCUT2D eigenvalue weighted by molar-refractivity contribution is 0.0128. The minimum Gasteiger partial charge on any atom is -0.444 e. The van der Waals surface area contributed by atoms with Crippen LogP contribution in [0.2, 0.25) is 10.0 Å². The van der Waals surface area contributed by atoms with Gasteiger partial charge in [0.2, 0.25) is 0 Å². The molecule has 1 N–H and O–H groups in total. The molecule has 1 aromatic rings. The lowest BCUT2D eigenvalue weighted by Crippen LogP contribution is -2.43. The molecule has 25 heavy (non-hydrogen) atoms. The van der Waals surface area contributed by atoms with E-state index in [1.54, 1.807) is 23.1 Å². The van der Waals surface area contributed by atoms with Crippen LogP contribution in [0.5, 0.6) is 0 Å². The molecular formula is C19H23Cl2NO3. The Balaban J connectivity index is 1.90. The van der Waals surface area contributed by atoms with Crippen molar-refractivity contribution >= 4 is 29.3 Å². The third kappa shape index (κ3) is 6.43. The number of hydrogen-bond acceptors (Lipinski definition) is 3. The highest BCUT2D eigenvalue weighted by Gasteiger charge is 2.29. The molecule has 1 aliphatic heterocycles. The molecule has 1 heterocycles. The molecule has 0 spiro atoms. The summed E-state index contributed by atoms with van der Waals surface area (Å²) in [4.78, 5) is 13.7. The average molecular weight is 384 g/mol. The summed E-state index contributed by atoms with van der Waals surface area (Å²) in [5, 5.41) is 11.3. The van der Waals surface area contributed by atoms with Crippen LogP contribution in [0.1, 0.15) is 39.2 Å². The Morgan fingerprint density at radius 1 is 1.24 bits per heavy atom. The van der Waals surface area contributed by atoms with Crippen molar-refractivity contribution < 1.29 is 14.6 Å². The maximum Gasteiger partial charge on any atom is 0.410 e. The van der Waals surface area contributed by atoms with Crippen molar-refractivity contribution in [1.82, 2.24) is 4.90 Å². The van der Waals surface area contributed by atoms with Gasteiger partial charge in [0.1, 0.15) is 11.7 Å². The Morgan fingerprint density at radius 3 is 2.32 bits per heavy atom. The second-order valence-electron chi connectivity index (χ2n) is 7.18. The number of nitrogens with zero attached hydrogens (tertiary/aromatic N) is 1. The molecule has 0 aromatic heterocycles. The molecule has 0 saturated carbocycles. The predicted molar refractivity (Wildman–Crippen MR) is 99.9 cm³/mol. The fraction of sp³-hybridized carbons (Fsp3) is 0.526. The lowest BCUT2D eigenvalue weighted by Gasteiger charge is -2.34. The van der Waals surface area contributed by atoms with Crippen LogP contribution in [0.4, 0.5) is 4.79 Å². The molecule has 0 radical (unpaired) electrons. The Morgan fingerprint density at radius 2 is 1.80 bits per heavy atom. The molecule has 1 atom stereocenters. The molecule has 136 valence electrons. The van der Waals surface area contributed by atoms with Crippen LogP contribution >= 0.6 is 23.2 Å². The minimum absolute atomic E-state index is 0.0286. The zero-order chi connectivity index (χ0) is 18.6. The standard InChI is InChI=1S/C19H23Cl2NO3/c1-19(2,3)25-18(24)22-8-6-14(7-9-22)17(23)5-4-13-10-15(20)12-16(21)11-13/h10-12,14,17,23H,6-9H2,1-3H3. The van der Waals surface area contributed by atoms with Gasteiger partial charge in [0, 0.05) is 28.7 Å². The summed E-state index contributed by atoms with van der Waals surface area (Å²) < 4.78 is 5.37. The lowest BCUT2D eigenvalue weighted by atomic mass is 9.91. The van der Waals surface area contributed by atoms with Gasteiger partial charge in [0.25, 0.3) is 0 Å².